The topological polar surface area (TPSA) is 81.1 Å². The number of carbonyl (C=O) groups is 2. The third-order valence-electron chi connectivity index (χ3n) is 11.8. The standard InChI is InChI=1S/C50H52N2O4S4/c1-5-9-11-31(7-3)29-51-47(43-27-25-41(59-43)39-23-21-37(57-39)33-13-17-35(53)18-14-33)45-46(49(51)55)48(52(50(45)56)30-32(8-4)12-10-6-2)44-28-26-42(60-44)40-24-22-38(58-40)34-15-19-36(54)20-16-34/h13-28,31-32,53-54H,5-12,29-30H2,1-4H3. The Morgan fingerprint density at radius 2 is 0.767 bits per heavy atom. The number of carbonyl (C=O) groups excluding carboxylic acids is 2. The number of hydrogen-bond donors (Lipinski definition) is 2. The highest BCUT2D eigenvalue weighted by Gasteiger charge is 2.50. The van der Waals surface area contributed by atoms with Crippen molar-refractivity contribution >= 4 is 68.6 Å². The molecular weight excluding hydrogens is 821 g/mol. The minimum atomic E-state index is -0.0659. The van der Waals surface area contributed by atoms with Crippen molar-refractivity contribution in [1.82, 2.24) is 9.80 Å². The first kappa shape index (κ1) is 42.0. The molecule has 2 aliphatic rings. The van der Waals surface area contributed by atoms with Crippen LogP contribution in [0.4, 0.5) is 0 Å². The van der Waals surface area contributed by atoms with Crippen LogP contribution in [-0.2, 0) is 9.59 Å². The number of benzene rings is 2. The number of amides is 2. The SMILES string of the molecule is CCCCC(CC)CN1C(=O)C2=C(c3ccc(-c4ccc(-c5ccc(O)cc5)s4)s3)N(CC(CC)CCCC)C(=O)C2=C1c1ccc(-c2ccc(-c3ccc(O)cc3)s2)s1. The zero-order chi connectivity index (χ0) is 41.9. The van der Waals surface area contributed by atoms with Gasteiger partial charge < -0.3 is 20.0 Å². The van der Waals surface area contributed by atoms with Gasteiger partial charge in [-0.05, 0) is 133 Å². The molecule has 6 aromatic rings. The Kier molecular flexibility index (Phi) is 12.9. The molecule has 0 radical (unpaired) electrons. The molecule has 2 aliphatic heterocycles. The Bertz CT molecular complexity index is 2360. The summed E-state index contributed by atoms with van der Waals surface area (Å²) in [6.45, 7) is 10.0. The number of phenolic OH excluding ortho intramolecular Hbond substituents is 2. The molecule has 310 valence electrons. The molecular formula is C50H52N2O4S4. The van der Waals surface area contributed by atoms with Gasteiger partial charge in [-0.3, -0.25) is 9.59 Å². The first-order valence-corrected chi connectivity index (χ1v) is 24.6. The number of thiophene rings is 4. The number of phenols is 2. The van der Waals surface area contributed by atoms with Crippen molar-refractivity contribution in [2.75, 3.05) is 13.1 Å². The molecule has 2 unspecified atom stereocenters. The molecule has 6 heterocycles. The van der Waals surface area contributed by atoms with Crippen molar-refractivity contribution in [3.8, 4) is 51.9 Å². The summed E-state index contributed by atoms with van der Waals surface area (Å²) in [7, 11) is 0. The van der Waals surface area contributed by atoms with Crippen molar-refractivity contribution in [3.63, 3.8) is 0 Å². The van der Waals surface area contributed by atoms with Crippen LogP contribution in [0.5, 0.6) is 11.5 Å². The highest BCUT2D eigenvalue weighted by Crippen LogP contribution is 2.51. The molecule has 2 aromatic carbocycles. The second-order valence-electron chi connectivity index (χ2n) is 15.9. The van der Waals surface area contributed by atoms with Gasteiger partial charge in [-0.15, -0.1) is 45.3 Å². The number of fused-ring (bicyclic) bond motifs is 1. The van der Waals surface area contributed by atoms with Crippen LogP contribution in [0.15, 0.2) is 108 Å². The molecule has 60 heavy (non-hydrogen) atoms. The zero-order valence-corrected chi connectivity index (χ0v) is 38.0. The molecule has 0 bridgehead atoms. The average molecular weight is 873 g/mol. The molecule has 0 saturated carbocycles. The minimum Gasteiger partial charge on any atom is -0.508 e. The summed E-state index contributed by atoms with van der Waals surface area (Å²) in [4.78, 5) is 42.9. The van der Waals surface area contributed by atoms with E-state index in [1.807, 2.05) is 34.1 Å². The third-order valence-corrected chi connectivity index (χ3v) is 16.7. The molecule has 0 aliphatic carbocycles. The van der Waals surface area contributed by atoms with Crippen molar-refractivity contribution in [2.45, 2.75) is 79.1 Å². The molecule has 2 N–H and O–H groups in total. The maximum atomic E-state index is 15.2. The van der Waals surface area contributed by atoms with Gasteiger partial charge in [0.15, 0.2) is 0 Å². The summed E-state index contributed by atoms with van der Waals surface area (Å²) < 4.78 is 0. The van der Waals surface area contributed by atoms with E-state index in [4.69, 9.17) is 0 Å². The van der Waals surface area contributed by atoms with E-state index in [0.29, 0.717) is 36.1 Å². The molecule has 0 saturated heterocycles. The van der Waals surface area contributed by atoms with E-state index in [0.717, 1.165) is 113 Å². The molecule has 4 aromatic heterocycles. The van der Waals surface area contributed by atoms with E-state index in [9.17, 15) is 10.2 Å². The van der Waals surface area contributed by atoms with Crippen LogP contribution >= 0.6 is 45.3 Å². The molecule has 0 fully saturated rings. The lowest BCUT2D eigenvalue weighted by molar-refractivity contribution is -0.124. The van der Waals surface area contributed by atoms with Gasteiger partial charge >= 0.3 is 0 Å². The van der Waals surface area contributed by atoms with Crippen molar-refractivity contribution < 1.29 is 19.8 Å². The van der Waals surface area contributed by atoms with Crippen molar-refractivity contribution in [2.24, 2.45) is 11.8 Å². The summed E-state index contributed by atoms with van der Waals surface area (Å²) in [5, 5.41) is 19.7. The Hall–Kier alpha value is -4.74. The Morgan fingerprint density at radius 3 is 1.10 bits per heavy atom. The third kappa shape index (κ3) is 8.44. The predicted molar refractivity (Wildman–Crippen MR) is 253 cm³/mol. The average Bonchev–Trinajstić information content (AvgIpc) is 4.13. The lowest BCUT2D eigenvalue weighted by atomic mass is 9.98. The quantitative estimate of drug-likeness (QED) is 0.0901. The number of unbranched alkanes of at least 4 members (excludes halogenated alkanes) is 2. The second kappa shape index (κ2) is 18.5. The second-order valence-corrected chi connectivity index (χ2v) is 20.2. The number of hydrogen-bond acceptors (Lipinski definition) is 8. The molecule has 0 spiro atoms. The van der Waals surface area contributed by atoms with E-state index in [1.54, 1.807) is 69.6 Å². The maximum absolute atomic E-state index is 15.2. The van der Waals surface area contributed by atoms with Gasteiger partial charge in [0.1, 0.15) is 11.5 Å². The summed E-state index contributed by atoms with van der Waals surface area (Å²) in [6, 6.07) is 31.6. The number of rotatable bonds is 18. The molecule has 10 heteroatoms. The Labute approximate surface area is 369 Å². The van der Waals surface area contributed by atoms with Gasteiger partial charge in [0.25, 0.3) is 11.8 Å². The number of nitrogens with zero attached hydrogens (tertiary/aromatic N) is 2. The van der Waals surface area contributed by atoms with Crippen LogP contribution in [0.2, 0.25) is 0 Å². The molecule has 6 nitrogen and oxygen atoms in total. The van der Waals surface area contributed by atoms with Crippen LogP contribution in [0.25, 0.3) is 51.8 Å². The van der Waals surface area contributed by atoms with Crippen LogP contribution in [-0.4, -0.2) is 44.9 Å². The van der Waals surface area contributed by atoms with E-state index in [-0.39, 0.29) is 23.3 Å². The molecule has 2 atom stereocenters. The largest absolute Gasteiger partial charge is 0.508 e. The Morgan fingerprint density at radius 1 is 0.450 bits per heavy atom. The lowest BCUT2D eigenvalue weighted by Crippen LogP contribution is -2.34. The van der Waals surface area contributed by atoms with E-state index in [1.165, 1.54) is 0 Å². The lowest BCUT2D eigenvalue weighted by Gasteiger charge is -2.29. The fourth-order valence-corrected chi connectivity index (χ4v) is 12.6. The summed E-state index contributed by atoms with van der Waals surface area (Å²) in [5.41, 5.74) is 4.72. The van der Waals surface area contributed by atoms with E-state index in [2.05, 4.69) is 76.2 Å². The number of aromatic hydroxyl groups is 2. The minimum absolute atomic E-state index is 0.0659. The van der Waals surface area contributed by atoms with Crippen molar-refractivity contribution in [1.29, 1.82) is 0 Å². The monoisotopic (exact) mass is 872 g/mol. The molecule has 8 rings (SSSR count). The summed E-state index contributed by atoms with van der Waals surface area (Å²) in [6.07, 6.45) is 8.38. The van der Waals surface area contributed by atoms with Gasteiger partial charge in [-0.1, -0.05) is 66.2 Å². The molecule has 2 amide bonds. The van der Waals surface area contributed by atoms with E-state index >= 15 is 9.59 Å². The zero-order valence-electron chi connectivity index (χ0n) is 34.7. The van der Waals surface area contributed by atoms with Gasteiger partial charge in [0, 0.05) is 42.4 Å². The van der Waals surface area contributed by atoms with Gasteiger partial charge in [0.2, 0.25) is 0 Å². The smallest absolute Gasteiger partial charge is 0.261 e. The van der Waals surface area contributed by atoms with Gasteiger partial charge in [0.05, 0.1) is 32.3 Å². The normalized spacial score (nSPS) is 15.2. The summed E-state index contributed by atoms with van der Waals surface area (Å²) in [5.74, 6) is 0.990. The maximum Gasteiger partial charge on any atom is 0.261 e. The van der Waals surface area contributed by atoms with Crippen molar-refractivity contribution in [3.05, 3.63) is 118 Å². The first-order chi connectivity index (χ1) is 29.2. The van der Waals surface area contributed by atoms with Crippen LogP contribution in [0.3, 0.4) is 0 Å². The van der Waals surface area contributed by atoms with Crippen LogP contribution in [0, 0.1) is 11.8 Å². The van der Waals surface area contributed by atoms with Crippen LogP contribution < -0.4 is 0 Å². The summed E-state index contributed by atoms with van der Waals surface area (Å²) >= 11 is 6.70. The van der Waals surface area contributed by atoms with Gasteiger partial charge in [-0.2, -0.15) is 0 Å². The van der Waals surface area contributed by atoms with Gasteiger partial charge in [-0.25, -0.2) is 0 Å². The fraction of sp³-hybridized carbons (Fsp3) is 0.320. The van der Waals surface area contributed by atoms with Crippen LogP contribution in [0.1, 0.15) is 88.8 Å². The Balaban J connectivity index is 1.23. The highest BCUT2D eigenvalue weighted by atomic mass is 32.1. The fourth-order valence-electron chi connectivity index (χ4n) is 8.31. The van der Waals surface area contributed by atoms with E-state index < -0.39 is 0 Å². The predicted octanol–water partition coefficient (Wildman–Crippen LogP) is 14.3. The highest BCUT2D eigenvalue weighted by molar-refractivity contribution is 7.25. The first-order valence-electron chi connectivity index (χ1n) is 21.3.